The zero-order valence-electron chi connectivity index (χ0n) is 30.2. The van der Waals surface area contributed by atoms with Crippen molar-refractivity contribution in [3.63, 3.8) is 0 Å². The maximum atomic E-state index is 12.4. The van der Waals surface area contributed by atoms with E-state index in [-0.39, 0.29) is 23.5 Å². The predicted molar refractivity (Wildman–Crippen MR) is 192 cm³/mol. The fourth-order valence-corrected chi connectivity index (χ4v) is 9.41. The largest absolute Gasteiger partial charge is 0.507 e. The van der Waals surface area contributed by atoms with Crippen LogP contribution < -0.4 is 10.6 Å². The third kappa shape index (κ3) is 7.21. The number of aromatic nitrogens is 2. The van der Waals surface area contributed by atoms with E-state index < -0.39 is 5.60 Å². The Labute approximate surface area is 292 Å². The van der Waals surface area contributed by atoms with Crippen LogP contribution in [0.2, 0.25) is 0 Å². The van der Waals surface area contributed by atoms with E-state index in [4.69, 9.17) is 15.2 Å². The molecule has 268 valence electrons. The molecule has 2 aromatic rings. The van der Waals surface area contributed by atoms with Crippen molar-refractivity contribution in [2.24, 2.45) is 5.92 Å². The van der Waals surface area contributed by atoms with Gasteiger partial charge in [-0.1, -0.05) is 12.1 Å². The lowest BCUT2D eigenvalue weighted by Gasteiger charge is -2.55. The van der Waals surface area contributed by atoms with Crippen LogP contribution in [0.3, 0.4) is 0 Å². The molecule has 1 aromatic heterocycles. The number of anilines is 2. The van der Waals surface area contributed by atoms with Gasteiger partial charge in [-0.05, 0) is 123 Å². The van der Waals surface area contributed by atoms with Crippen molar-refractivity contribution in [3.8, 4) is 17.0 Å². The monoisotopic (exact) mass is 675 g/mol. The zero-order valence-corrected chi connectivity index (χ0v) is 30.2. The fourth-order valence-electron chi connectivity index (χ4n) is 9.41. The standard InChI is InChI=1S/C38H57N7O4/c1-37(2,3)49-36(47)43-18-14-29(15-19-43)48-30-20-28(21-30)42-16-12-25(13-17-42)38(4,5)45-26-10-11-27(45)24-44(23-26)33-22-32(40-41-35(33)39)31-8-6-7-9-34(31)46/h6-9,22,25-30,46H,10-21,23-24H2,1-5H3,(H2,39,41)/t26?,27?,28-,30-. The maximum absolute atomic E-state index is 12.4. The van der Waals surface area contributed by atoms with Gasteiger partial charge < -0.3 is 35.0 Å². The highest BCUT2D eigenvalue weighted by molar-refractivity contribution is 5.74. The number of amides is 1. The number of carbonyl (C=O) groups excluding carboxylic acids is 1. The van der Waals surface area contributed by atoms with E-state index in [0.29, 0.717) is 60.3 Å². The first kappa shape index (κ1) is 34.3. The van der Waals surface area contributed by atoms with Gasteiger partial charge in [0.05, 0.1) is 23.6 Å². The summed E-state index contributed by atoms with van der Waals surface area (Å²) in [5.74, 6) is 1.32. The number of likely N-dealkylation sites (tertiary alicyclic amines) is 2. The van der Waals surface area contributed by atoms with E-state index in [2.05, 4.69) is 38.7 Å². The van der Waals surface area contributed by atoms with E-state index in [1.165, 1.54) is 38.8 Å². The number of fused-ring (bicyclic) bond motifs is 2. The molecule has 3 N–H and O–H groups in total. The lowest BCUT2D eigenvalue weighted by molar-refractivity contribution is -0.110. The summed E-state index contributed by atoms with van der Waals surface area (Å²) in [6, 6.07) is 10.9. The number of aromatic hydroxyl groups is 1. The number of rotatable bonds is 7. The molecule has 5 aliphatic rings. The van der Waals surface area contributed by atoms with Crippen LogP contribution in [0.4, 0.5) is 16.3 Å². The van der Waals surface area contributed by atoms with Crippen molar-refractivity contribution in [2.75, 3.05) is 49.9 Å². The number of piperazine rings is 1. The van der Waals surface area contributed by atoms with Gasteiger partial charge in [0.25, 0.3) is 0 Å². The quantitative estimate of drug-likeness (QED) is 0.388. The topological polar surface area (TPSA) is 121 Å². The molecule has 4 saturated heterocycles. The van der Waals surface area contributed by atoms with Crippen LogP contribution in [0.15, 0.2) is 30.3 Å². The summed E-state index contributed by atoms with van der Waals surface area (Å²) in [5, 5.41) is 19.0. The molecule has 49 heavy (non-hydrogen) atoms. The summed E-state index contributed by atoms with van der Waals surface area (Å²) in [6.45, 7) is 16.4. The van der Waals surface area contributed by atoms with Crippen LogP contribution in [0.1, 0.15) is 86.0 Å². The molecule has 1 aromatic carbocycles. The lowest BCUT2D eigenvalue weighted by atomic mass is 9.76. The Balaban J connectivity index is 0.880. The highest BCUT2D eigenvalue weighted by atomic mass is 16.6. The smallest absolute Gasteiger partial charge is 0.410 e. The summed E-state index contributed by atoms with van der Waals surface area (Å²) < 4.78 is 12.1. The number of piperidine rings is 2. The number of nitrogens with two attached hydrogens (primary N) is 1. The number of nitrogen functional groups attached to an aromatic ring is 1. The Morgan fingerprint density at radius 1 is 0.857 bits per heavy atom. The van der Waals surface area contributed by atoms with E-state index in [1.54, 1.807) is 6.07 Å². The molecule has 2 atom stereocenters. The number of benzene rings is 1. The zero-order chi connectivity index (χ0) is 34.5. The molecule has 4 aliphatic heterocycles. The van der Waals surface area contributed by atoms with E-state index in [1.807, 2.05) is 49.9 Å². The highest BCUT2D eigenvalue weighted by Crippen LogP contribution is 2.45. The summed E-state index contributed by atoms with van der Waals surface area (Å²) in [6.07, 6.45) is 9.33. The van der Waals surface area contributed by atoms with E-state index in [9.17, 15) is 9.90 Å². The minimum atomic E-state index is -0.458. The van der Waals surface area contributed by atoms with Crippen molar-refractivity contribution < 1.29 is 19.4 Å². The first-order chi connectivity index (χ1) is 23.4. The second-order valence-corrected chi connectivity index (χ2v) is 16.7. The van der Waals surface area contributed by atoms with Crippen molar-refractivity contribution in [2.45, 2.75) is 127 Å². The van der Waals surface area contributed by atoms with Gasteiger partial charge in [0.2, 0.25) is 0 Å². The number of ether oxygens (including phenoxy) is 2. The van der Waals surface area contributed by atoms with Gasteiger partial charge in [0.1, 0.15) is 11.4 Å². The van der Waals surface area contributed by atoms with Crippen molar-refractivity contribution >= 4 is 17.6 Å². The summed E-state index contributed by atoms with van der Waals surface area (Å²) in [7, 11) is 0. The number of para-hydroxylation sites is 1. The number of carbonyl (C=O) groups is 1. The van der Waals surface area contributed by atoms with Gasteiger partial charge in [-0.3, -0.25) is 4.90 Å². The number of phenols is 1. The summed E-state index contributed by atoms with van der Waals surface area (Å²) >= 11 is 0. The molecule has 1 saturated carbocycles. The molecular weight excluding hydrogens is 618 g/mol. The van der Waals surface area contributed by atoms with Crippen LogP contribution in [-0.2, 0) is 9.47 Å². The Morgan fingerprint density at radius 3 is 2.14 bits per heavy atom. The van der Waals surface area contributed by atoms with E-state index >= 15 is 0 Å². The average Bonchev–Trinajstić information content (AvgIpc) is 3.33. The molecule has 5 fully saturated rings. The van der Waals surface area contributed by atoms with Crippen LogP contribution in [0, 0.1) is 5.92 Å². The molecule has 2 bridgehead atoms. The minimum absolute atomic E-state index is 0.131. The molecule has 0 spiro atoms. The number of phenolic OH excluding ortho intramolecular Hbond substituents is 1. The second kappa shape index (κ2) is 13.5. The first-order valence-corrected chi connectivity index (χ1v) is 18.7. The van der Waals surface area contributed by atoms with Gasteiger partial charge in [0.15, 0.2) is 5.82 Å². The van der Waals surface area contributed by atoms with Crippen LogP contribution >= 0.6 is 0 Å². The average molecular weight is 676 g/mol. The normalized spacial score (nSPS) is 27.7. The van der Waals surface area contributed by atoms with E-state index in [0.717, 1.165) is 44.5 Å². The second-order valence-electron chi connectivity index (χ2n) is 16.7. The molecule has 5 heterocycles. The summed E-state index contributed by atoms with van der Waals surface area (Å²) in [5.41, 5.74) is 8.32. The molecule has 11 heteroatoms. The van der Waals surface area contributed by atoms with Crippen molar-refractivity contribution in [1.29, 1.82) is 0 Å². The van der Waals surface area contributed by atoms with Crippen molar-refractivity contribution in [3.05, 3.63) is 30.3 Å². The number of hydrogen-bond acceptors (Lipinski definition) is 10. The first-order valence-electron chi connectivity index (χ1n) is 18.7. The molecule has 11 nitrogen and oxygen atoms in total. The van der Waals surface area contributed by atoms with Gasteiger partial charge in [-0.25, -0.2) is 4.79 Å². The van der Waals surface area contributed by atoms with Gasteiger partial charge >= 0.3 is 6.09 Å². The third-order valence-corrected chi connectivity index (χ3v) is 12.1. The molecule has 0 radical (unpaired) electrons. The third-order valence-electron chi connectivity index (χ3n) is 12.1. The van der Waals surface area contributed by atoms with Gasteiger partial charge in [-0.2, -0.15) is 0 Å². The molecular formula is C38H57N7O4. The summed E-state index contributed by atoms with van der Waals surface area (Å²) in [4.78, 5) is 22.2. The molecule has 1 aliphatic carbocycles. The lowest BCUT2D eigenvalue weighted by Crippen LogP contribution is -2.64. The molecule has 7 rings (SSSR count). The van der Waals surface area contributed by atoms with Crippen LogP contribution in [0.25, 0.3) is 11.3 Å². The van der Waals surface area contributed by atoms with Crippen molar-refractivity contribution in [1.82, 2.24) is 24.9 Å². The fraction of sp³-hybridized carbons (Fsp3) is 0.711. The minimum Gasteiger partial charge on any atom is -0.507 e. The highest BCUT2D eigenvalue weighted by Gasteiger charge is 2.50. The van der Waals surface area contributed by atoms with Crippen LogP contribution in [0.5, 0.6) is 5.75 Å². The number of nitrogens with zero attached hydrogens (tertiary/aromatic N) is 6. The Kier molecular flexibility index (Phi) is 9.47. The SMILES string of the molecule is CC(C)(C)OC(=O)N1CCC(O[C@H]2C[C@H](N3CCC(C(C)(C)N4C5CCC4CN(c4cc(-c6ccccc6O)nnc4N)C5)CC3)C2)CC1. The van der Waals surface area contributed by atoms with Gasteiger partial charge in [0, 0.05) is 55.4 Å². The van der Waals surface area contributed by atoms with Gasteiger partial charge in [-0.15, -0.1) is 10.2 Å². The molecule has 2 unspecified atom stereocenters. The maximum Gasteiger partial charge on any atom is 0.410 e. The number of hydrogen-bond donors (Lipinski definition) is 2. The van der Waals surface area contributed by atoms with Crippen LogP contribution in [-0.4, -0.2) is 117 Å². The Bertz CT molecular complexity index is 1460. The Morgan fingerprint density at radius 2 is 1.51 bits per heavy atom. The Hall–Kier alpha value is -3.15. The predicted octanol–water partition coefficient (Wildman–Crippen LogP) is 5.52. The molecule has 1 amide bonds.